The summed E-state index contributed by atoms with van der Waals surface area (Å²) in [5.74, 6) is 1.30. The van der Waals surface area contributed by atoms with Crippen molar-refractivity contribution < 1.29 is 0 Å². The molecule has 0 heteroatoms. The lowest BCUT2D eigenvalue weighted by molar-refractivity contribution is 0.179. The van der Waals surface area contributed by atoms with E-state index in [9.17, 15) is 0 Å². The van der Waals surface area contributed by atoms with Gasteiger partial charge < -0.3 is 0 Å². The summed E-state index contributed by atoms with van der Waals surface area (Å²) < 4.78 is 0. The average Bonchev–Trinajstić information content (AvgIpc) is 2.83. The molecule has 1 aromatic carbocycles. The van der Waals surface area contributed by atoms with Crippen LogP contribution in [0.3, 0.4) is 0 Å². The van der Waals surface area contributed by atoms with Crippen molar-refractivity contribution >= 4 is 0 Å². The van der Waals surface area contributed by atoms with Gasteiger partial charge in [-0.1, -0.05) is 109 Å². The van der Waals surface area contributed by atoms with Crippen LogP contribution in [0.4, 0.5) is 0 Å². The quantitative estimate of drug-likeness (QED) is 0.451. The summed E-state index contributed by atoms with van der Waals surface area (Å²) in [5.41, 5.74) is 5.19. The zero-order valence-electron chi connectivity index (χ0n) is 17.4. The molecule has 0 saturated heterocycles. The number of hydrogen-bond acceptors (Lipinski definition) is 0. The minimum absolute atomic E-state index is 0.256. The van der Waals surface area contributed by atoms with Crippen molar-refractivity contribution in [2.24, 2.45) is 16.7 Å². The van der Waals surface area contributed by atoms with E-state index in [1.807, 2.05) is 0 Å². The molecule has 0 aliphatic heterocycles. The molecule has 2 atom stereocenters. The van der Waals surface area contributed by atoms with E-state index in [0.717, 1.165) is 5.92 Å². The van der Waals surface area contributed by atoms with Gasteiger partial charge in [-0.15, -0.1) is 0 Å². The van der Waals surface area contributed by atoms with Gasteiger partial charge in [0.1, 0.15) is 0 Å². The zero-order valence-corrected chi connectivity index (χ0v) is 17.4. The van der Waals surface area contributed by atoms with E-state index in [-0.39, 0.29) is 5.41 Å². The second-order valence-corrected chi connectivity index (χ2v) is 9.25. The highest BCUT2D eigenvalue weighted by molar-refractivity contribution is 5.45. The Labute approximate surface area is 156 Å². The molecule has 0 saturated carbocycles. The van der Waals surface area contributed by atoms with Crippen LogP contribution in [-0.2, 0) is 0 Å². The first-order valence-corrected chi connectivity index (χ1v) is 10.2. The first kappa shape index (κ1) is 20.0. The normalized spacial score (nSPS) is 21.4. The van der Waals surface area contributed by atoms with Gasteiger partial charge in [0.2, 0.25) is 0 Å². The summed E-state index contributed by atoms with van der Waals surface area (Å²) in [5, 5.41) is 0. The minimum atomic E-state index is 0.256. The predicted octanol–water partition coefficient (Wildman–Crippen LogP) is 7.93. The van der Waals surface area contributed by atoms with Crippen molar-refractivity contribution in [1.29, 1.82) is 0 Å². The van der Waals surface area contributed by atoms with Gasteiger partial charge in [-0.25, -0.2) is 0 Å². The standard InChI is InChI=1S/C25H38/c1-8-14-20(9-2)24(4,5)18-23-21(10-3)22(17-25(23,6)7)19-15-12-11-13-16-19/h10-13,15-16,20,22H,3,8-9,14,17-18H2,1-2,4-7H3. The van der Waals surface area contributed by atoms with Crippen LogP contribution < -0.4 is 0 Å². The molecule has 0 spiro atoms. The third-order valence-corrected chi connectivity index (χ3v) is 6.54. The Hall–Kier alpha value is -1.30. The summed E-state index contributed by atoms with van der Waals surface area (Å²) in [6, 6.07) is 11.0. The highest BCUT2D eigenvalue weighted by atomic mass is 14.5. The predicted molar refractivity (Wildman–Crippen MR) is 112 cm³/mol. The SMILES string of the molecule is C=CC1=C(CC(C)(C)C(CC)CCC)C(C)(C)CC1c1ccccc1. The molecule has 1 aromatic rings. The van der Waals surface area contributed by atoms with Gasteiger partial charge in [0.15, 0.2) is 0 Å². The van der Waals surface area contributed by atoms with E-state index < -0.39 is 0 Å². The Balaban J connectivity index is 2.39. The molecule has 0 N–H and O–H groups in total. The van der Waals surface area contributed by atoms with E-state index in [2.05, 4.69) is 84.5 Å². The topological polar surface area (TPSA) is 0 Å². The average molecular weight is 339 g/mol. The van der Waals surface area contributed by atoms with E-state index >= 15 is 0 Å². The zero-order chi connectivity index (χ0) is 18.7. The molecular formula is C25H38. The van der Waals surface area contributed by atoms with Crippen LogP contribution in [0, 0.1) is 16.7 Å². The Morgan fingerprint density at radius 1 is 1.20 bits per heavy atom. The Bertz CT molecular complexity index is 600. The Morgan fingerprint density at radius 2 is 1.84 bits per heavy atom. The third kappa shape index (κ3) is 4.27. The molecule has 0 fully saturated rings. The largest absolute Gasteiger partial charge is 0.0988 e. The van der Waals surface area contributed by atoms with E-state index in [1.165, 1.54) is 43.2 Å². The molecular weight excluding hydrogens is 300 g/mol. The summed E-state index contributed by atoms with van der Waals surface area (Å²) >= 11 is 0. The summed E-state index contributed by atoms with van der Waals surface area (Å²) in [6.45, 7) is 18.7. The van der Waals surface area contributed by atoms with Crippen molar-refractivity contribution in [3.63, 3.8) is 0 Å². The second-order valence-electron chi connectivity index (χ2n) is 9.25. The maximum absolute atomic E-state index is 4.21. The van der Waals surface area contributed by atoms with Crippen LogP contribution in [0.15, 0.2) is 54.1 Å². The van der Waals surface area contributed by atoms with Gasteiger partial charge in [0, 0.05) is 5.92 Å². The molecule has 0 amide bonds. The number of hydrogen-bond donors (Lipinski definition) is 0. The Kier molecular flexibility index (Phi) is 6.35. The lowest BCUT2D eigenvalue weighted by Gasteiger charge is -2.38. The highest BCUT2D eigenvalue weighted by Crippen LogP contribution is 2.55. The van der Waals surface area contributed by atoms with Crippen molar-refractivity contribution in [2.45, 2.75) is 79.6 Å². The summed E-state index contributed by atoms with van der Waals surface area (Å²) in [4.78, 5) is 0. The van der Waals surface area contributed by atoms with Gasteiger partial charge >= 0.3 is 0 Å². The number of allylic oxidation sites excluding steroid dienone is 3. The fourth-order valence-corrected chi connectivity index (χ4v) is 5.03. The maximum atomic E-state index is 4.21. The summed E-state index contributed by atoms with van der Waals surface area (Å²) in [6.07, 6.45) is 8.45. The van der Waals surface area contributed by atoms with Gasteiger partial charge in [-0.2, -0.15) is 0 Å². The molecule has 1 aliphatic carbocycles. The fraction of sp³-hybridized carbons (Fsp3) is 0.600. The minimum Gasteiger partial charge on any atom is -0.0988 e. The fourth-order valence-electron chi connectivity index (χ4n) is 5.03. The molecule has 2 rings (SSSR count). The molecule has 0 heterocycles. The van der Waals surface area contributed by atoms with E-state index in [0.29, 0.717) is 11.3 Å². The molecule has 1 aliphatic rings. The van der Waals surface area contributed by atoms with Crippen molar-refractivity contribution in [1.82, 2.24) is 0 Å². The molecule has 138 valence electrons. The highest BCUT2D eigenvalue weighted by Gasteiger charge is 2.41. The van der Waals surface area contributed by atoms with Crippen LogP contribution in [-0.4, -0.2) is 0 Å². The molecule has 0 nitrogen and oxygen atoms in total. The first-order chi connectivity index (χ1) is 11.8. The van der Waals surface area contributed by atoms with Crippen LogP contribution in [0.25, 0.3) is 0 Å². The van der Waals surface area contributed by atoms with Gasteiger partial charge in [0.05, 0.1) is 0 Å². The van der Waals surface area contributed by atoms with Crippen LogP contribution in [0.2, 0.25) is 0 Å². The van der Waals surface area contributed by atoms with Crippen molar-refractivity contribution in [3.05, 3.63) is 59.7 Å². The number of rotatable bonds is 8. The smallest absolute Gasteiger partial charge is 0.00970 e. The van der Waals surface area contributed by atoms with Gasteiger partial charge in [-0.3, -0.25) is 0 Å². The molecule has 0 bridgehead atoms. The number of benzene rings is 1. The van der Waals surface area contributed by atoms with Crippen LogP contribution in [0.1, 0.15) is 85.1 Å². The summed E-state index contributed by atoms with van der Waals surface area (Å²) in [7, 11) is 0. The molecule has 0 aromatic heterocycles. The third-order valence-electron chi connectivity index (χ3n) is 6.54. The lowest BCUT2D eigenvalue weighted by atomic mass is 9.67. The first-order valence-electron chi connectivity index (χ1n) is 10.2. The van der Waals surface area contributed by atoms with Crippen LogP contribution in [0.5, 0.6) is 0 Å². The van der Waals surface area contributed by atoms with Gasteiger partial charge in [0.25, 0.3) is 0 Å². The maximum Gasteiger partial charge on any atom is 0.00970 e. The van der Waals surface area contributed by atoms with Crippen molar-refractivity contribution in [2.75, 3.05) is 0 Å². The van der Waals surface area contributed by atoms with Crippen LogP contribution >= 0.6 is 0 Å². The van der Waals surface area contributed by atoms with E-state index in [1.54, 1.807) is 5.57 Å². The van der Waals surface area contributed by atoms with Gasteiger partial charge in [-0.05, 0) is 40.7 Å². The second kappa shape index (κ2) is 7.94. The molecule has 25 heavy (non-hydrogen) atoms. The van der Waals surface area contributed by atoms with Crippen molar-refractivity contribution in [3.8, 4) is 0 Å². The molecule has 0 radical (unpaired) electrons. The molecule has 2 unspecified atom stereocenters. The van der Waals surface area contributed by atoms with E-state index in [4.69, 9.17) is 0 Å². The lowest BCUT2D eigenvalue weighted by Crippen LogP contribution is -2.27. The Morgan fingerprint density at radius 3 is 2.36 bits per heavy atom. The monoisotopic (exact) mass is 338 g/mol.